The zero-order valence-electron chi connectivity index (χ0n) is 22.9. The molecule has 0 spiro atoms. The third-order valence-corrected chi connectivity index (χ3v) is 5.78. The smallest absolute Gasteiger partial charge is 0.354 e. The number of carboxylic acid groups (broad SMARTS) is 2. The summed E-state index contributed by atoms with van der Waals surface area (Å²) in [5.41, 5.74) is 1.11. The van der Waals surface area contributed by atoms with E-state index in [1.165, 1.54) is 12.1 Å². The molecular formula is C27H40N4O9. The first-order chi connectivity index (χ1) is 19.4. The number of carboxylic acids is 2. The van der Waals surface area contributed by atoms with Crippen LogP contribution in [0.15, 0.2) is 36.4 Å². The second kappa shape index (κ2) is 19.1. The van der Waals surface area contributed by atoms with E-state index in [4.69, 9.17) is 24.4 Å². The lowest BCUT2D eigenvalue weighted by Crippen LogP contribution is -2.35. The number of aliphatic hydroxyl groups is 2. The minimum absolute atomic E-state index is 0.0313. The van der Waals surface area contributed by atoms with Gasteiger partial charge in [-0.15, -0.1) is 0 Å². The fraction of sp³-hybridized carbons (Fsp3) is 0.556. The Morgan fingerprint density at radius 1 is 0.775 bits per heavy atom. The SMILES string of the molecule is CCOC[C@@H](COCCN(CCO)Cc1cccc(C(=O)O)n1)OCCN(CCO)Cc1cccc(C(=O)O)n1. The molecule has 0 fully saturated rings. The van der Waals surface area contributed by atoms with Crippen molar-refractivity contribution in [2.45, 2.75) is 26.1 Å². The van der Waals surface area contributed by atoms with Crippen molar-refractivity contribution in [2.24, 2.45) is 0 Å². The number of nitrogens with zero attached hydrogens (tertiary/aromatic N) is 4. The molecule has 0 aromatic carbocycles. The van der Waals surface area contributed by atoms with Gasteiger partial charge in [0, 0.05) is 45.9 Å². The fourth-order valence-corrected chi connectivity index (χ4v) is 3.80. The highest BCUT2D eigenvalue weighted by molar-refractivity contribution is 5.85. The number of rotatable bonds is 22. The second-order valence-corrected chi connectivity index (χ2v) is 8.87. The molecule has 1 atom stereocenters. The largest absolute Gasteiger partial charge is 0.477 e. The minimum atomic E-state index is -1.10. The van der Waals surface area contributed by atoms with Crippen molar-refractivity contribution in [3.63, 3.8) is 0 Å². The van der Waals surface area contributed by atoms with E-state index in [0.29, 0.717) is 77.1 Å². The van der Waals surface area contributed by atoms with Crippen LogP contribution < -0.4 is 0 Å². The number of hydrogen-bond donors (Lipinski definition) is 4. The Hall–Kier alpha value is -3.04. The molecule has 0 aliphatic heterocycles. The highest BCUT2D eigenvalue weighted by Gasteiger charge is 2.15. The average molecular weight is 565 g/mol. The predicted molar refractivity (Wildman–Crippen MR) is 144 cm³/mol. The summed E-state index contributed by atoms with van der Waals surface area (Å²) in [6.07, 6.45) is -0.329. The Balaban J connectivity index is 1.83. The fourth-order valence-electron chi connectivity index (χ4n) is 3.80. The molecular weight excluding hydrogens is 524 g/mol. The van der Waals surface area contributed by atoms with Gasteiger partial charge < -0.3 is 34.6 Å². The highest BCUT2D eigenvalue weighted by atomic mass is 16.6. The quantitative estimate of drug-likeness (QED) is 0.146. The number of pyridine rings is 2. The van der Waals surface area contributed by atoms with Gasteiger partial charge in [-0.2, -0.15) is 0 Å². The van der Waals surface area contributed by atoms with Crippen molar-refractivity contribution < 1.29 is 44.2 Å². The van der Waals surface area contributed by atoms with E-state index in [0.717, 1.165) is 0 Å². The van der Waals surface area contributed by atoms with Gasteiger partial charge >= 0.3 is 11.9 Å². The van der Waals surface area contributed by atoms with E-state index >= 15 is 0 Å². The molecule has 0 amide bonds. The first-order valence-corrected chi connectivity index (χ1v) is 13.2. The molecule has 0 bridgehead atoms. The van der Waals surface area contributed by atoms with Gasteiger partial charge in [-0.3, -0.25) is 9.80 Å². The number of aliphatic hydroxyl groups excluding tert-OH is 2. The van der Waals surface area contributed by atoms with Crippen LogP contribution in [0.1, 0.15) is 39.3 Å². The van der Waals surface area contributed by atoms with Gasteiger partial charge in [0.25, 0.3) is 0 Å². The summed E-state index contributed by atoms with van der Waals surface area (Å²) in [5.74, 6) is -2.19. The van der Waals surface area contributed by atoms with E-state index in [-0.39, 0.29) is 37.3 Å². The standard InChI is InChI=1S/C27H40N4O9/c1-2-38-19-23(40-16-12-31(10-14-33)18-22-6-4-8-25(29-22)27(36)37)20-39-15-11-30(9-13-32)17-21-5-3-7-24(28-21)26(34)35/h3-8,23,32-33H,2,9-20H2,1H3,(H,34,35)(H,36,37)/t23-/m0/s1. The number of ether oxygens (including phenoxy) is 3. The molecule has 4 N–H and O–H groups in total. The Morgan fingerprint density at radius 2 is 1.27 bits per heavy atom. The van der Waals surface area contributed by atoms with Crippen LogP contribution in [0, 0.1) is 0 Å². The molecule has 0 aliphatic rings. The van der Waals surface area contributed by atoms with E-state index in [9.17, 15) is 19.8 Å². The van der Waals surface area contributed by atoms with Crippen LogP contribution in [-0.2, 0) is 27.3 Å². The van der Waals surface area contributed by atoms with Crippen LogP contribution in [0.5, 0.6) is 0 Å². The number of hydrogen-bond acceptors (Lipinski definition) is 11. The van der Waals surface area contributed by atoms with Crippen molar-refractivity contribution in [3.8, 4) is 0 Å². The van der Waals surface area contributed by atoms with Crippen molar-refractivity contribution in [2.75, 3.05) is 72.4 Å². The van der Waals surface area contributed by atoms with Crippen LogP contribution in [0.25, 0.3) is 0 Å². The van der Waals surface area contributed by atoms with Crippen LogP contribution in [0.3, 0.4) is 0 Å². The van der Waals surface area contributed by atoms with E-state index < -0.39 is 11.9 Å². The molecule has 2 heterocycles. The van der Waals surface area contributed by atoms with Gasteiger partial charge in [0.2, 0.25) is 0 Å². The Bertz CT molecular complexity index is 1030. The van der Waals surface area contributed by atoms with Gasteiger partial charge in [-0.05, 0) is 31.2 Å². The molecule has 0 saturated carbocycles. The highest BCUT2D eigenvalue weighted by Crippen LogP contribution is 2.07. The van der Waals surface area contributed by atoms with Crippen molar-refractivity contribution in [1.82, 2.24) is 19.8 Å². The first kappa shape index (κ1) is 33.2. The number of carbonyl (C=O) groups is 2. The minimum Gasteiger partial charge on any atom is -0.477 e. The average Bonchev–Trinajstić information content (AvgIpc) is 2.94. The van der Waals surface area contributed by atoms with E-state index in [2.05, 4.69) is 9.97 Å². The molecule has 0 unspecified atom stereocenters. The van der Waals surface area contributed by atoms with Crippen LogP contribution in [0.4, 0.5) is 0 Å². The topological polar surface area (TPSA) is 175 Å². The van der Waals surface area contributed by atoms with Crippen LogP contribution in [0.2, 0.25) is 0 Å². The summed E-state index contributed by atoms with van der Waals surface area (Å²) in [4.78, 5) is 34.5. The van der Waals surface area contributed by atoms with E-state index in [1.54, 1.807) is 24.3 Å². The molecule has 13 heteroatoms. The summed E-state index contributed by atoms with van der Waals surface area (Å²) >= 11 is 0. The lowest BCUT2D eigenvalue weighted by molar-refractivity contribution is -0.0651. The second-order valence-electron chi connectivity index (χ2n) is 8.87. The van der Waals surface area contributed by atoms with Crippen molar-refractivity contribution >= 4 is 11.9 Å². The molecule has 0 radical (unpaired) electrons. The van der Waals surface area contributed by atoms with Crippen LogP contribution in [-0.4, -0.2) is 131 Å². The summed E-state index contributed by atoms with van der Waals surface area (Å²) in [6.45, 7) is 6.06. The summed E-state index contributed by atoms with van der Waals surface area (Å²) in [7, 11) is 0. The summed E-state index contributed by atoms with van der Waals surface area (Å²) in [5, 5.41) is 37.2. The molecule has 2 aromatic rings. The Morgan fingerprint density at radius 3 is 1.75 bits per heavy atom. The lowest BCUT2D eigenvalue weighted by Gasteiger charge is -2.24. The zero-order chi connectivity index (χ0) is 29.2. The number of aromatic carboxylic acids is 2. The number of aromatic nitrogens is 2. The van der Waals surface area contributed by atoms with Gasteiger partial charge in [-0.1, -0.05) is 12.1 Å². The maximum atomic E-state index is 11.2. The summed E-state index contributed by atoms with van der Waals surface area (Å²) < 4.78 is 17.4. The maximum absolute atomic E-state index is 11.2. The molecule has 40 heavy (non-hydrogen) atoms. The normalized spacial score (nSPS) is 12.2. The van der Waals surface area contributed by atoms with Gasteiger partial charge in [-0.25, -0.2) is 19.6 Å². The monoisotopic (exact) mass is 564 g/mol. The van der Waals surface area contributed by atoms with Gasteiger partial charge in [0.1, 0.15) is 17.5 Å². The maximum Gasteiger partial charge on any atom is 0.354 e. The van der Waals surface area contributed by atoms with Gasteiger partial charge in [0.05, 0.1) is 51.0 Å². The third kappa shape index (κ3) is 12.9. The van der Waals surface area contributed by atoms with E-state index in [1.807, 2.05) is 16.7 Å². The van der Waals surface area contributed by atoms with Crippen molar-refractivity contribution in [3.05, 3.63) is 59.2 Å². The van der Waals surface area contributed by atoms with Gasteiger partial charge in [0.15, 0.2) is 0 Å². The Kier molecular flexibility index (Phi) is 15.8. The molecule has 2 aromatic heterocycles. The first-order valence-electron chi connectivity index (χ1n) is 13.2. The lowest BCUT2D eigenvalue weighted by atomic mass is 10.3. The predicted octanol–water partition coefficient (Wildman–Crippen LogP) is 0.600. The Labute approximate surface area is 233 Å². The molecule has 0 saturated heterocycles. The molecule has 2 rings (SSSR count). The molecule has 13 nitrogen and oxygen atoms in total. The zero-order valence-corrected chi connectivity index (χ0v) is 22.9. The molecule has 222 valence electrons. The van der Waals surface area contributed by atoms with Crippen LogP contribution >= 0.6 is 0 Å². The summed E-state index contributed by atoms with van der Waals surface area (Å²) in [6, 6.07) is 9.62. The molecule has 0 aliphatic carbocycles. The third-order valence-electron chi connectivity index (χ3n) is 5.78. The van der Waals surface area contributed by atoms with Crippen molar-refractivity contribution in [1.29, 1.82) is 0 Å².